The van der Waals surface area contributed by atoms with Crippen LogP contribution in [0.2, 0.25) is 0 Å². The highest BCUT2D eigenvalue weighted by atomic mass is 16.4. The lowest BCUT2D eigenvalue weighted by Gasteiger charge is -2.24. The van der Waals surface area contributed by atoms with Gasteiger partial charge in [0, 0.05) is 19.4 Å². The van der Waals surface area contributed by atoms with Gasteiger partial charge < -0.3 is 26.6 Å². The number of likely N-dealkylation sites (tertiary alicyclic amines) is 1. The minimum absolute atomic E-state index is 0.0103. The second-order valence-electron chi connectivity index (χ2n) is 4.35. The fourth-order valence-electron chi connectivity index (χ4n) is 1.93. The second kappa shape index (κ2) is 5.78. The number of aliphatic carboxylic acids is 1. The van der Waals surface area contributed by atoms with Crippen molar-refractivity contribution in [1.82, 2.24) is 4.90 Å². The van der Waals surface area contributed by atoms with Crippen LogP contribution in [0.4, 0.5) is 0 Å². The van der Waals surface area contributed by atoms with Crippen molar-refractivity contribution >= 4 is 17.8 Å². The fraction of sp³-hybridized carbons (Fsp3) is 0.700. The maximum Gasteiger partial charge on any atom is 0.326 e. The molecule has 1 saturated heterocycles. The molecule has 8 nitrogen and oxygen atoms in total. The standard InChI is InChI=1S/C10H17N3O5/c11-6(1-2-8(12)15)9(16)13-4-5(14)3-7(13)10(17)18/h5-7,14H,1-4,11H2,(H2,12,15)(H,17,18). The smallest absolute Gasteiger partial charge is 0.326 e. The average molecular weight is 259 g/mol. The van der Waals surface area contributed by atoms with Crippen LogP contribution in [0.1, 0.15) is 19.3 Å². The topological polar surface area (TPSA) is 147 Å². The molecule has 3 atom stereocenters. The summed E-state index contributed by atoms with van der Waals surface area (Å²) in [6.45, 7) is -0.0555. The monoisotopic (exact) mass is 259 g/mol. The van der Waals surface area contributed by atoms with Gasteiger partial charge >= 0.3 is 5.97 Å². The lowest BCUT2D eigenvalue weighted by Crippen LogP contribution is -2.48. The second-order valence-corrected chi connectivity index (χ2v) is 4.35. The highest BCUT2D eigenvalue weighted by molar-refractivity contribution is 5.88. The lowest BCUT2D eigenvalue weighted by atomic mass is 10.1. The number of primary amides is 1. The van der Waals surface area contributed by atoms with Gasteiger partial charge in [-0.3, -0.25) is 9.59 Å². The summed E-state index contributed by atoms with van der Waals surface area (Å²) in [4.78, 5) is 34.4. The zero-order valence-electron chi connectivity index (χ0n) is 9.78. The molecule has 0 spiro atoms. The number of carbonyl (C=O) groups excluding carboxylic acids is 2. The van der Waals surface area contributed by atoms with Gasteiger partial charge in [0.15, 0.2) is 0 Å². The molecule has 6 N–H and O–H groups in total. The Morgan fingerprint density at radius 1 is 1.39 bits per heavy atom. The first-order valence-corrected chi connectivity index (χ1v) is 5.58. The summed E-state index contributed by atoms with van der Waals surface area (Å²) in [5.41, 5.74) is 10.5. The molecule has 0 radical (unpaired) electrons. The van der Waals surface area contributed by atoms with Gasteiger partial charge in [-0.25, -0.2) is 4.79 Å². The molecule has 0 aromatic carbocycles. The highest BCUT2D eigenvalue weighted by Gasteiger charge is 2.40. The van der Waals surface area contributed by atoms with Crippen LogP contribution in [0.15, 0.2) is 0 Å². The number of β-amino-alcohol motifs (C(OH)–C–C–N with tert-alkyl or cyclic N) is 1. The maximum absolute atomic E-state index is 11.9. The van der Waals surface area contributed by atoms with Gasteiger partial charge in [-0.05, 0) is 6.42 Å². The van der Waals surface area contributed by atoms with E-state index in [1.54, 1.807) is 0 Å². The molecular weight excluding hydrogens is 242 g/mol. The molecule has 2 amide bonds. The number of hydrogen-bond donors (Lipinski definition) is 4. The summed E-state index contributed by atoms with van der Waals surface area (Å²) in [6.07, 6.45) is -0.851. The maximum atomic E-state index is 11.9. The largest absolute Gasteiger partial charge is 0.480 e. The summed E-state index contributed by atoms with van der Waals surface area (Å²) >= 11 is 0. The summed E-state index contributed by atoms with van der Waals surface area (Å²) in [7, 11) is 0. The summed E-state index contributed by atoms with van der Waals surface area (Å²) in [5, 5.41) is 18.3. The van der Waals surface area contributed by atoms with E-state index >= 15 is 0 Å². The van der Waals surface area contributed by atoms with E-state index in [2.05, 4.69) is 0 Å². The molecule has 0 saturated carbocycles. The number of rotatable bonds is 5. The zero-order valence-corrected chi connectivity index (χ0v) is 9.78. The van der Waals surface area contributed by atoms with Gasteiger partial charge in [-0.1, -0.05) is 0 Å². The van der Waals surface area contributed by atoms with E-state index in [9.17, 15) is 19.5 Å². The van der Waals surface area contributed by atoms with Gasteiger partial charge in [0.2, 0.25) is 11.8 Å². The Morgan fingerprint density at radius 2 is 2.00 bits per heavy atom. The van der Waals surface area contributed by atoms with Crippen LogP contribution in [0.25, 0.3) is 0 Å². The van der Waals surface area contributed by atoms with Gasteiger partial charge in [-0.15, -0.1) is 0 Å². The van der Waals surface area contributed by atoms with Crippen LogP contribution in [0.3, 0.4) is 0 Å². The number of hydrogen-bond acceptors (Lipinski definition) is 5. The Hall–Kier alpha value is -1.67. The third-order valence-electron chi connectivity index (χ3n) is 2.87. The quantitative estimate of drug-likeness (QED) is 0.433. The molecule has 1 aliphatic rings. The SMILES string of the molecule is NC(=O)CCC(N)C(=O)N1CC(O)CC1C(=O)O. The Bertz CT molecular complexity index is 359. The number of nitrogens with zero attached hydrogens (tertiary/aromatic N) is 1. The molecule has 0 aromatic rings. The number of carboxylic acid groups (broad SMARTS) is 1. The normalized spacial score (nSPS) is 24.9. The predicted molar refractivity (Wildman–Crippen MR) is 60.2 cm³/mol. The molecule has 1 rings (SSSR count). The van der Waals surface area contributed by atoms with Crippen molar-refractivity contribution in [2.45, 2.75) is 37.5 Å². The summed E-state index contributed by atoms with van der Waals surface area (Å²) in [5.74, 6) is -2.34. The van der Waals surface area contributed by atoms with Crippen molar-refractivity contribution in [3.8, 4) is 0 Å². The third kappa shape index (κ3) is 3.41. The van der Waals surface area contributed by atoms with E-state index in [0.29, 0.717) is 0 Å². The number of amides is 2. The van der Waals surface area contributed by atoms with E-state index in [0.717, 1.165) is 4.90 Å². The average Bonchev–Trinajstić information content (AvgIpc) is 2.67. The van der Waals surface area contributed by atoms with E-state index < -0.39 is 36.0 Å². The highest BCUT2D eigenvalue weighted by Crippen LogP contribution is 2.19. The first-order chi connectivity index (χ1) is 8.32. The van der Waals surface area contributed by atoms with Crippen LogP contribution in [-0.4, -0.2) is 57.6 Å². The Balaban J connectivity index is 2.64. The molecule has 8 heteroatoms. The first kappa shape index (κ1) is 14.4. The van der Waals surface area contributed by atoms with Gasteiger partial charge in [-0.2, -0.15) is 0 Å². The predicted octanol–water partition coefficient (Wildman–Crippen LogP) is -2.37. The molecule has 1 aliphatic heterocycles. The van der Waals surface area contributed by atoms with E-state index in [1.165, 1.54) is 0 Å². The van der Waals surface area contributed by atoms with Crippen LogP contribution < -0.4 is 11.5 Å². The lowest BCUT2D eigenvalue weighted by molar-refractivity contribution is -0.148. The number of aliphatic hydroxyl groups excluding tert-OH is 1. The molecule has 1 fully saturated rings. The number of carbonyl (C=O) groups is 3. The number of carboxylic acids is 1. The van der Waals surface area contributed by atoms with Crippen molar-refractivity contribution in [1.29, 1.82) is 0 Å². The van der Waals surface area contributed by atoms with Crippen molar-refractivity contribution in [3.63, 3.8) is 0 Å². The molecule has 0 aliphatic carbocycles. The van der Waals surface area contributed by atoms with Crippen LogP contribution in [0.5, 0.6) is 0 Å². The molecule has 18 heavy (non-hydrogen) atoms. The third-order valence-corrected chi connectivity index (χ3v) is 2.87. The molecule has 102 valence electrons. The summed E-state index contributed by atoms with van der Waals surface area (Å²) < 4.78 is 0. The Labute approximate surface area is 104 Å². The van der Waals surface area contributed by atoms with E-state index in [-0.39, 0.29) is 25.8 Å². The van der Waals surface area contributed by atoms with Crippen molar-refractivity contribution < 1.29 is 24.6 Å². The molecule has 0 aromatic heterocycles. The Morgan fingerprint density at radius 3 is 2.50 bits per heavy atom. The molecule has 1 heterocycles. The van der Waals surface area contributed by atoms with Crippen molar-refractivity contribution in [2.24, 2.45) is 11.5 Å². The van der Waals surface area contributed by atoms with Crippen LogP contribution >= 0.6 is 0 Å². The van der Waals surface area contributed by atoms with Gasteiger partial charge in [0.05, 0.1) is 12.1 Å². The van der Waals surface area contributed by atoms with E-state index in [4.69, 9.17) is 16.6 Å². The first-order valence-electron chi connectivity index (χ1n) is 5.58. The Kier molecular flexibility index (Phi) is 4.62. The fourth-order valence-corrected chi connectivity index (χ4v) is 1.93. The molecular formula is C10H17N3O5. The van der Waals surface area contributed by atoms with Gasteiger partial charge in [0.1, 0.15) is 6.04 Å². The van der Waals surface area contributed by atoms with Crippen molar-refractivity contribution in [2.75, 3.05) is 6.54 Å². The van der Waals surface area contributed by atoms with Crippen LogP contribution in [0, 0.1) is 0 Å². The van der Waals surface area contributed by atoms with Crippen LogP contribution in [-0.2, 0) is 14.4 Å². The molecule has 0 bridgehead atoms. The minimum atomic E-state index is -1.18. The van der Waals surface area contributed by atoms with Crippen molar-refractivity contribution in [3.05, 3.63) is 0 Å². The molecule has 3 unspecified atom stereocenters. The minimum Gasteiger partial charge on any atom is -0.480 e. The zero-order chi connectivity index (χ0) is 13.9. The number of nitrogens with two attached hydrogens (primary N) is 2. The number of aliphatic hydroxyl groups is 1. The van der Waals surface area contributed by atoms with E-state index in [1.807, 2.05) is 0 Å². The van der Waals surface area contributed by atoms with Gasteiger partial charge in [0.25, 0.3) is 0 Å². The summed E-state index contributed by atoms with van der Waals surface area (Å²) in [6, 6.07) is -2.04.